The summed E-state index contributed by atoms with van der Waals surface area (Å²) >= 11 is 0. The number of carbonyl (C=O) groups is 2. The van der Waals surface area contributed by atoms with E-state index in [2.05, 4.69) is 30.5 Å². The molecule has 0 aliphatic rings. The first kappa shape index (κ1) is 46.2. The predicted molar refractivity (Wildman–Crippen MR) is 194 cm³/mol. The molecule has 9 nitrogen and oxygen atoms in total. The van der Waals surface area contributed by atoms with Crippen LogP contribution in [0, 0.1) is 0 Å². The largest absolute Gasteiger partial charge is 0.469 e. The molecule has 0 spiro atoms. The number of hydrogen-bond acceptors (Lipinski definition) is 7. The van der Waals surface area contributed by atoms with Crippen LogP contribution >= 0.6 is 7.82 Å². The molecule has 0 aliphatic heterocycles. The Balaban J connectivity index is 4.05. The van der Waals surface area contributed by atoms with Gasteiger partial charge in [-0.2, -0.15) is 0 Å². The smallest absolute Gasteiger partial charge is 0.462 e. The van der Waals surface area contributed by atoms with Gasteiger partial charge in [0, 0.05) is 12.8 Å². The highest BCUT2D eigenvalue weighted by molar-refractivity contribution is 7.46. The van der Waals surface area contributed by atoms with Crippen molar-refractivity contribution in [2.24, 2.45) is 0 Å². The second kappa shape index (κ2) is 33.7. The van der Waals surface area contributed by atoms with Gasteiger partial charge in [-0.1, -0.05) is 159 Å². The molecule has 280 valence electrons. The summed E-state index contributed by atoms with van der Waals surface area (Å²) in [6, 6.07) is 0. The highest BCUT2D eigenvalue weighted by Crippen LogP contribution is 2.36. The van der Waals surface area contributed by atoms with Gasteiger partial charge in [-0.25, -0.2) is 4.57 Å². The van der Waals surface area contributed by atoms with Gasteiger partial charge in [0.25, 0.3) is 0 Å². The van der Waals surface area contributed by atoms with E-state index in [1.165, 1.54) is 64.2 Å². The van der Waals surface area contributed by atoms with E-state index in [9.17, 15) is 19.3 Å². The molecule has 0 amide bonds. The zero-order chi connectivity index (χ0) is 35.6. The maximum absolute atomic E-state index is 12.4. The van der Waals surface area contributed by atoms with Gasteiger partial charge >= 0.3 is 19.8 Å². The summed E-state index contributed by atoms with van der Waals surface area (Å²) in [5, 5.41) is 10.1. The standard InChI is InChI=1S/C38H69O9P/c1-3-5-7-9-11-12-13-14-15-16-17-19-23-28-32-38(41)47-36(34-46-48(42,43)44)33-45-37(40)31-27-24-20-22-26-30-35(39)29-25-21-18-10-8-6-4-2/h6,8,18,21,25,29,35-36,39H,3-5,7,9-17,19-20,22-24,26-28,30-34H2,1-2H3,(H2,42,43,44)/b8-6+,21-18+,29-25+/t35?,36-/m1/s1. The lowest BCUT2D eigenvalue weighted by Crippen LogP contribution is -2.29. The molecule has 0 bridgehead atoms. The zero-order valence-corrected chi connectivity index (χ0v) is 31.1. The van der Waals surface area contributed by atoms with Crippen molar-refractivity contribution >= 4 is 19.8 Å². The Labute approximate surface area is 292 Å². The van der Waals surface area contributed by atoms with Crippen molar-refractivity contribution < 1.29 is 43.0 Å². The number of aliphatic hydroxyl groups is 1. The Morgan fingerprint density at radius 3 is 1.71 bits per heavy atom. The van der Waals surface area contributed by atoms with Crippen molar-refractivity contribution in [3.63, 3.8) is 0 Å². The molecule has 10 heteroatoms. The van der Waals surface area contributed by atoms with Crippen LogP contribution in [-0.4, -0.2) is 52.3 Å². The number of rotatable bonds is 34. The third kappa shape index (κ3) is 35.5. The number of carbonyl (C=O) groups excluding carboxylic acids is 2. The van der Waals surface area contributed by atoms with Crippen LogP contribution in [0.15, 0.2) is 36.5 Å². The van der Waals surface area contributed by atoms with Crippen molar-refractivity contribution in [1.29, 1.82) is 0 Å². The van der Waals surface area contributed by atoms with E-state index in [1.54, 1.807) is 6.08 Å². The topological polar surface area (TPSA) is 140 Å². The predicted octanol–water partition coefficient (Wildman–Crippen LogP) is 9.98. The van der Waals surface area contributed by atoms with Crippen LogP contribution in [0.5, 0.6) is 0 Å². The molecule has 0 aliphatic carbocycles. The number of phosphoric ester groups is 1. The van der Waals surface area contributed by atoms with Gasteiger partial charge in [0.15, 0.2) is 6.10 Å². The van der Waals surface area contributed by atoms with Gasteiger partial charge < -0.3 is 24.4 Å². The lowest BCUT2D eigenvalue weighted by molar-refractivity contribution is -0.161. The van der Waals surface area contributed by atoms with Gasteiger partial charge in [0.2, 0.25) is 0 Å². The lowest BCUT2D eigenvalue weighted by atomic mass is 10.0. The number of hydrogen-bond donors (Lipinski definition) is 3. The molecule has 0 aromatic carbocycles. The van der Waals surface area contributed by atoms with E-state index < -0.39 is 38.6 Å². The maximum atomic E-state index is 12.4. The Morgan fingerprint density at radius 1 is 0.646 bits per heavy atom. The fourth-order valence-electron chi connectivity index (χ4n) is 5.20. The van der Waals surface area contributed by atoms with Gasteiger partial charge in [0.05, 0.1) is 12.7 Å². The average molecular weight is 701 g/mol. The van der Waals surface area contributed by atoms with Gasteiger partial charge in [-0.15, -0.1) is 0 Å². The maximum Gasteiger partial charge on any atom is 0.469 e. The first-order valence-electron chi connectivity index (χ1n) is 18.9. The van der Waals surface area contributed by atoms with Crippen LogP contribution in [0.4, 0.5) is 0 Å². The highest BCUT2D eigenvalue weighted by Gasteiger charge is 2.22. The van der Waals surface area contributed by atoms with Crippen LogP contribution < -0.4 is 0 Å². The third-order valence-electron chi connectivity index (χ3n) is 8.03. The van der Waals surface area contributed by atoms with E-state index in [0.29, 0.717) is 19.3 Å². The summed E-state index contributed by atoms with van der Waals surface area (Å²) in [6.07, 6.45) is 34.6. The minimum absolute atomic E-state index is 0.194. The zero-order valence-electron chi connectivity index (χ0n) is 30.2. The third-order valence-corrected chi connectivity index (χ3v) is 8.51. The molecule has 1 unspecified atom stereocenters. The number of esters is 2. The summed E-state index contributed by atoms with van der Waals surface area (Å²) in [4.78, 5) is 42.7. The fourth-order valence-corrected chi connectivity index (χ4v) is 5.56. The highest BCUT2D eigenvalue weighted by atomic mass is 31.2. The fraction of sp³-hybridized carbons (Fsp3) is 0.789. The summed E-state index contributed by atoms with van der Waals surface area (Å²) in [5.74, 6) is -0.959. The minimum atomic E-state index is -4.77. The molecule has 2 atom stereocenters. The number of unbranched alkanes of at least 4 members (excludes halogenated alkanes) is 17. The van der Waals surface area contributed by atoms with E-state index >= 15 is 0 Å². The Kier molecular flexibility index (Phi) is 32.5. The minimum Gasteiger partial charge on any atom is -0.462 e. The molecule has 3 N–H and O–H groups in total. The van der Waals surface area contributed by atoms with Crippen molar-refractivity contribution in [2.45, 2.75) is 180 Å². The molecule has 0 aromatic rings. The normalized spacial score (nSPS) is 13.5. The molecular formula is C38H69O9P. The second-order valence-electron chi connectivity index (χ2n) is 12.7. The van der Waals surface area contributed by atoms with Crippen LogP contribution in [0.2, 0.25) is 0 Å². The van der Waals surface area contributed by atoms with E-state index in [4.69, 9.17) is 19.3 Å². The number of phosphoric acid groups is 1. The van der Waals surface area contributed by atoms with Crippen molar-refractivity contribution in [3.05, 3.63) is 36.5 Å². The first-order valence-corrected chi connectivity index (χ1v) is 20.4. The summed E-state index contributed by atoms with van der Waals surface area (Å²) in [7, 11) is -4.77. The van der Waals surface area contributed by atoms with Crippen LogP contribution in [-0.2, 0) is 28.2 Å². The SMILES string of the molecule is CC/C=C/C/C=C/C=C/C(O)CCCCCCCC(=O)OC[C@H](COP(=O)(O)O)OC(=O)CCCCCCCCCCCCCCCC. The van der Waals surface area contributed by atoms with Crippen LogP contribution in [0.3, 0.4) is 0 Å². The van der Waals surface area contributed by atoms with Crippen LogP contribution in [0.1, 0.15) is 168 Å². The molecule has 0 radical (unpaired) electrons. The Hall–Kier alpha value is -1.77. The summed E-state index contributed by atoms with van der Waals surface area (Å²) in [5.41, 5.74) is 0. The van der Waals surface area contributed by atoms with E-state index in [1.807, 2.05) is 18.2 Å². The van der Waals surface area contributed by atoms with Gasteiger partial charge in [-0.3, -0.25) is 14.1 Å². The molecule has 0 saturated heterocycles. The summed E-state index contributed by atoms with van der Waals surface area (Å²) < 4.78 is 26.3. The molecule has 0 rings (SSSR count). The second-order valence-corrected chi connectivity index (χ2v) is 14.0. The molecule has 0 aromatic heterocycles. The lowest BCUT2D eigenvalue weighted by Gasteiger charge is -2.18. The van der Waals surface area contributed by atoms with E-state index in [-0.39, 0.29) is 19.4 Å². The number of aliphatic hydroxyl groups excluding tert-OH is 1. The molecule has 48 heavy (non-hydrogen) atoms. The van der Waals surface area contributed by atoms with Crippen molar-refractivity contribution in [2.75, 3.05) is 13.2 Å². The molecular weight excluding hydrogens is 631 g/mol. The number of ether oxygens (including phenoxy) is 2. The quantitative estimate of drug-likeness (QED) is 0.0197. The van der Waals surface area contributed by atoms with Gasteiger partial charge in [-0.05, 0) is 32.1 Å². The average Bonchev–Trinajstić information content (AvgIpc) is 3.04. The Morgan fingerprint density at radius 2 is 1.17 bits per heavy atom. The van der Waals surface area contributed by atoms with Gasteiger partial charge in [0.1, 0.15) is 6.61 Å². The summed E-state index contributed by atoms with van der Waals surface area (Å²) in [6.45, 7) is 3.46. The van der Waals surface area contributed by atoms with Crippen LogP contribution in [0.25, 0.3) is 0 Å². The van der Waals surface area contributed by atoms with Crippen molar-refractivity contribution in [1.82, 2.24) is 0 Å². The molecule has 0 fully saturated rings. The van der Waals surface area contributed by atoms with E-state index in [0.717, 1.165) is 57.8 Å². The molecule has 0 saturated carbocycles. The number of allylic oxidation sites excluding steroid dienone is 5. The Bertz CT molecular complexity index is 897. The first-order chi connectivity index (χ1) is 23.2. The monoisotopic (exact) mass is 700 g/mol. The van der Waals surface area contributed by atoms with Crippen molar-refractivity contribution in [3.8, 4) is 0 Å². The molecule has 0 heterocycles.